The molecule has 0 aliphatic carbocycles. The highest BCUT2D eigenvalue weighted by Crippen LogP contribution is 2.36. The van der Waals surface area contributed by atoms with E-state index in [0.29, 0.717) is 5.69 Å². The third-order valence-electron chi connectivity index (χ3n) is 3.55. The number of amidine groups is 1. The highest BCUT2D eigenvalue weighted by molar-refractivity contribution is 6.02. The minimum atomic E-state index is -0.467. The summed E-state index contributed by atoms with van der Waals surface area (Å²) in [4.78, 5) is 2.11. The van der Waals surface area contributed by atoms with Crippen molar-refractivity contribution < 1.29 is 9.60 Å². The van der Waals surface area contributed by atoms with E-state index in [1.54, 1.807) is 6.07 Å². The van der Waals surface area contributed by atoms with E-state index in [0.717, 1.165) is 19.4 Å². The lowest BCUT2D eigenvalue weighted by molar-refractivity contribution is 0.318. The van der Waals surface area contributed by atoms with Crippen molar-refractivity contribution in [1.29, 1.82) is 0 Å². The van der Waals surface area contributed by atoms with Gasteiger partial charge in [0.25, 0.3) is 0 Å². The molecule has 1 fully saturated rings. The third-order valence-corrected chi connectivity index (χ3v) is 3.55. The normalized spacial score (nSPS) is 19.3. The van der Waals surface area contributed by atoms with Crippen LogP contribution in [0.4, 0.5) is 10.1 Å². The maximum atomic E-state index is 13.9. The number of halogens is 1. The smallest absolute Gasteiger partial charge is 0.175 e. The van der Waals surface area contributed by atoms with E-state index in [1.807, 2.05) is 6.07 Å². The molecule has 0 bridgehead atoms. The Balaban J connectivity index is 2.55. The summed E-state index contributed by atoms with van der Waals surface area (Å²) >= 11 is 0. The number of nitrogens with two attached hydrogens (primary N) is 1. The van der Waals surface area contributed by atoms with E-state index in [9.17, 15) is 4.39 Å². The molecule has 2 rings (SSSR count). The molecule has 0 radical (unpaired) electrons. The Kier molecular flexibility index (Phi) is 3.15. The molecule has 4 nitrogen and oxygen atoms in total. The van der Waals surface area contributed by atoms with Crippen molar-refractivity contribution in [2.45, 2.75) is 32.2 Å². The first kappa shape index (κ1) is 12.7. The Hall–Kier alpha value is -1.78. The Morgan fingerprint density at radius 2 is 2.22 bits per heavy atom. The molecule has 1 aliphatic rings. The van der Waals surface area contributed by atoms with E-state index in [-0.39, 0.29) is 16.9 Å². The molecular weight excluding hydrogens is 233 g/mol. The molecule has 0 unspecified atom stereocenters. The zero-order chi connectivity index (χ0) is 13.3. The average Bonchev–Trinajstić information content (AvgIpc) is 2.67. The van der Waals surface area contributed by atoms with Gasteiger partial charge in [-0.15, -0.1) is 0 Å². The fourth-order valence-electron chi connectivity index (χ4n) is 2.60. The Labute approximate surface area is 106 Å². The fraction of sp³-hybridized carbons (Fsp3) is 0.462. The van der Waals surface area contributed by atoms with E-state index in [1.165, 1.54) is 6.07 Å². The summed E-state index contributed by atoms with van der Waals surface area (Å²) < 4.78 is 13.9. The van der Waals surface area contributed by atoms with Crippen LogP contribution in [-0.2, 0) is 0 Å². The number of nitrogens with zero attached hydrogens (tertiary/aromatic N) is 2. The van der Waals surface area contributed by atoms with Crippen LogP contribution in [0.15, 0.2) is 23.4 Å². The van der Waals surface area contributed by atoms with Crippen molar-refractivity contribution in [3.05, 3.63) is 29.6 Å². The van der Waals surface area contributed by atoms with Gasteiger partial charge in [0.05, 0.1) is 11.3 Å². The summed E-state index contributed by atoms with van der Waals surface area (Å²) in [7, 11) is 0. The van der Waals surface area contributed by atoms with Gasteiger partial charge in [-0.1, -0.05) is 11.2 Å². The fourth-order valence-corrected chi connectivity index (χ4v) is 2.60. The van der Waals surface area contributed by atoms with Crippen LogP contribution in [0, 0.1) is 5.82 Å². The Bertz CT molecular complexity index is 485. The van der Waals surface area contributed by atoms with Crippen molar-refractivity contribution in [2.24, 2.45) is 10.9 Å². The molecule has 1 aliphatic heterocycles. The van der Waals surface area contributed by atoms with Crippen molar-refractivity contribution in [3.63, 3.8) is 0 Å². The molecule has 1 saturated heterocycles. The van der Waals surface area contributed by atoms with Crippen LogP contribution >= 0.6 is 0 Å². The van der Waals surface area contributed by atoms with Crippen molar-refractivity contribution in [1.82, 2.24) is 0 Å². The standard InChI is InChI=1S/C13H18FN3O/c1-13(2)7-4-8-17(13)10-6-3-5-9(14)11(10)12(15)16-18/h3,5-6,18H,4,7-8H2,1-2H3,(H2,15,16). The van der Waals surface area contributed by atoms with Gasteiger partial charge in [-0.25, -0.2) is 4.39 Å². The molecule has 0 aromatic heterocycles. The SMILES string of the molecule is CC1(C)CCCN1c1cccc(F)c1C(N)=NO. The molecule has 98 valence electrons. The van der Waals surface area contributed by atoms with Crippen LogP contribution in [0.3, 0.4) is 0 Å². The number of oxime groups is 1. The van der Waals surface area contributed by atoms with E-state index < -0.39 is 5.82 Å². The molecule has 5 heteroatoms. The maximum Gasteiger partial charge on any atom is 0.175 e. The molecule has 0 spiro atoms. The largest absolute Gasteiger partial charge is 0.409 e. The second kappa shape index (κ2) is 4.48. The Morgan fingerprint density at radius 1 is 1.50 bits per heavy atom. The van der Waals surface area contributed by atoms with E-state index >= 15 is 0 Å². The molecule has 18 heavy (non-hydrogen) atoms. The van der Waals surface area contributed by atoms with Gasteiger partial charge >= 0.3 is 0 Å². The predicted octanol–water partition coefficient (Wildman–Crippen LogP) is 2.30. The van der Waals surface area contributed by atoms with Gasteiger partial charge in [0.1, 0.15) is 5.82 Å². The number of anilines is 1. The lowest BCUT2D eigenvalue weighted by Crippen LogP contribution is -2.39. The van der Waals surface area contributed by atoms with Crippen LogP contribution in [0.25, 0.3) is 0 Å². The molecule has 0 atom stereocenters. The quantitative estimate of drug-likeness (QED) is 0.367. The van der Waals surface area contributed by atoms with E-state index in [2.05, 4.69) is 23.9 Å². The van der Waals surface area contributed by atoms with Crippen molar-refractivity contribution in [2.75, 3.05) is 11.4 Å². The lowest BCUT2D eigenvalue weighted by atomic mass is 10.00. The second-order valence-corrected chi connectivity index (χ2v) is 5.19. The van der Waals surface area contributed by atoms with Gasteiger partial charge in [-0.2, -0.15) is 0 Å². The summed E-state index contributed by atoms with van der Waals surface area (Å²) in [5.41, 5.74) is 6.41. The minimum absolute atomic E-state index is 0.0434. The molecule has 1 aromatic rings. The number of hydrogen-bond acceptors (Lipinski definition) is 3. The monoisotopic (exact) mass is 251 g/mol. The molecule has 1 aromatic carbocycles. The summed E-state index contributed by atoms with van der Waals surface area (Å²) in [6.07, 6.45) is 2.10. The average molecular weight is 251 g/mol. The van der Waals surface area contributed by atoms with Crippen LogP contribution in [-0.4, -0.2) is 23.1 Å². The zero-order valence-electron chi connectivity index (χ0n) is 10.7. The molecular formula is C13H18FN3O. The highest BCUT2D eigenvalue weighted by atomic mass is 19.1. The number of rotatable bonds is 2. The van der Waals surface area contributed by atoms with Gasteiger partial charge in [-0.05, 0) is 38.8 Å². The maximum absolute atomic E-state index is 13.9. The van der Waals surface area contributed by atoms with Crippen molar-refractivity contribution in [3.8, 4) is 0 Å². The second-order valence-electron chi connectivity index (χ2n) is 5.19. The van der Waals surface area contributed by atoms with Crippen LogP contribution in [0.5, 0.6) is 0 Å². The van der Waals surface area contributed by atoms with Crippen LogP contribution < -0.4 is 10.6 Å². The molecule has 0 amide bonds. The summed E-state index contributed by atoms with van der Waals surface area (Å²) in [5, 5.41) is 11.7. The summed E-state index contributed by atoms with van der Waals surface area (Å²) in [6, 6.07) is 4.77. The number of hydrogen-bond donors (Lipinski definition) is 2. The molecule has 1 heterocycles. The van der Waals surface area contributed by atoms with Crippen LogP contribution in [0.1, 0.15) is 32.3 Å². The number of benzene rings is 1. The molecule has 3 N–H and O–H groups in total. The van der Waals surface area contributed by atoms with Gasteiger partial charge in [0.2, 0.25) is 0 Å². The zero-order valence-corrected chi connectivity index (χ0v) is 10.7. The van der Waals surface area contributed by atoms with Crippen LogP contribution in [0.2, 0.25) is 0 Å². The van der Waals surface area contributed by atoms with Gasteiger partial charge < -0.3 is 15.8 Å². The summed E-state index contributed by atoms with van der Waals surface area (Å²) in [6.45, 7) is 5.07. The first-order chi connectivity index (χ1) is 8.47. The Morgan fingerprint density at radius 3 is 2.78 bits per heavy atom. The first-order valence-electron chi connectivity index (χ1n) is 6.01. The van der Waals surface area contributed by atoms with Gasteiger partial charge in [-0.3, -0.25) is 0 Å². The first-order valence-corrected chi connectivity index (χ1v) is 6.01. The minimum Gasteiger partial charge on any atom is -0.409 e. The third kappa shape index (κ3) is 2.00. The topological polar surface area (TPSA) is 61.8 Å². The predicted molar refractivity (Wildman–Crippen MR) is 69.6 cm³/mol. The lowest BCUT2D eigenvalue weighted by Gasteiger charge is -2.35. The summed E-state index contributed by atoms with van der Waals surface area (Å²) in [5.74, 6) is -0.656. The van der Waals surface area contributed by atoms with E-state index in [4.69, 9.17) is 10.9 Å². The highest BCUT2D eigenvalue weighted by Gasteiger charge is 2.34. The van der Waals surface area contributed by atoms with Gasteiger partial charge in [0.15, 0.2) is 5.84 Å². The van der Waals surface area contributed by atoms with Gasteiger partial charge in [0, 0.05) is 12.1 Å². The molecule has 0 saturated carbocycles. The van der Waals surface area contributed by atoms with Crippen molar-refractivity contribution >= 4 is 11.5 Å².